The molecule has 2 aromatic rings. The maximum Gasteiger partial charge on any atom is 0.253 e. The van der Waals surface area contributed by atoms with E-state index < -0.39 is 0 Å². The van der Waals surface area contributed by atoms with Gasteiger partial charge in [-0.15, -0.1) is 5.10 Å². The number of anilines is 1. The van der Waals surface area contributed by atoms with E-state index in [1.165, 1.54) is 0 Å². The average molecular weight is 319 g/mol. The number of ether oxygens (including phenoxy) is 1. The van der Waals surface area contributed by atoms with Gasteiger partial charge in [0.2, 0.25) is 0 Å². The molecular weight excluding hydrogens is 300 g/mol. The molecule has 22 heavy (non-hydrogen) atoms. The van der Waals surface area contributed by atoms with Crippen molar-refractivity contribution >= 4 is 17.4 Å². The number of rotatable bonds is 7. The van der Waals surface area contributed by atoms with E-state index in [1.807, 2.05) is 18.2 Å². The van der Waals surface area contributed by atoms with Gasteiger partial charge >= 0.3 is 0 Å². The van der Waals surface area contributed by atoms with Crippen molar-refractivity contribution < 1.29 is 4.74 Å². The van der Waals surface area contributed by atoms with Crippen molar-refractivity contribution in [2.24, 2.45) is 0 Å². The Balaban J connectivity index is 2.12. The first kappa shape index (κ1) is 16.2. The second-order valence-corrected chi connectivity index (χ2v) is 5.39. The standard InChI is InChI=1S/C16H19ClN4O/c1-2-3-6-9-21-15(19)13(10-18)16(20-21)22-11-12-7-4-5-8-14(12)17/h4-5,7-8H,2-3,6,9,11,19H2,1H3. The zero-order chi connectivity index (χ0) is 15.9. The molecule has 5 nitrogen and oxygen atoms in total. The molecule has 0 aliphatic rings. The van der Waals surface area contributed by atoms with E-state index in [0.717, 1.165) is 24.8 Å². The van der Waals surface area contributed by atoms with E-state index in [1.54, 1.807) is 10.7 Å². The Bertz CT molecular complexity index is 675. The summed E-state index contributed by atoms with van der Waals surface area (Å²) in [5.74, 6) is 0.615. The van der Waals surface area contributed by atoms with Crippen LogP contribution >= 0.6 is 11.6 Å². The second-order valence-electron chi connectivity index (χ2n) is 4.99. The Morgan fingerprint density at radius 1 is 1.36 bits per heavy atom. The van der Waals surface area contributed by atoms with Crippen LogP contribution in [-0.2, 0) is 13.2 Å². The summed E-state index contributed by atoms with van der Waals surface area (Å²) in [4.78, 5) is 0. The smallest absolute Gasteiger partial charge is 0.253 e. The van der Waals surface area contributed by atoms with Crippen molar-refractivity contribution in [3.05, 3.63) is 40.4 Å². The highest BCUT2D eigenvalue weighted by molar-refractivity contribution is 6.31. The molecule has 1 aromatic heterocycles. The Hall–Kier alpha value is -2.19. The monoisotopic (exact) mass is 318 g/mol. The summed E-state index contributed by atoms with van der Waals surface area (Å²) in [5.41, 5.74) is 7.09. The quantitative estimate of drug-likeness (QED) is 0.788. The Labute approximate surface area is 135 Å². The van der Waals surface area contributed by atoms with Crippen molar-refractivity contribution in [3.8, 4) is 11.9 Å². The first-order chi connectivity index (χ1) is 10.7. The zero-order valence-corrected chi connectivity index (χ0v) is 13.3. The predicted molar refractivity (Wildman–Crippen MR) is 86.7 cm³/mol. The molecule has 6 heteroatoms. The van der Waals surface area contributed by atoms with E-state index in [4.69, 9.17) is 22.1 Å². The molecule has 0 radical (unpaired) electrons. The van der Waals surface area contributed by atoms with Gasteiger partial charge in [-0.3, -0.25) is 0 Å². The van der Waals surface area contributed by atoms with Gasteiger partial charge < -0.3 is 10.5 Å². The summed E-state index contributed by atoms with van der Waals surface area (Å²) in [6, 6.07) is 9.46. The molecule has 0 unspecified atom stereocenters. The third kappa shape index (κ3) is 3.71. The van der Waals surface area contributed by atoms with Crippen molar-refractivity contribution in [3.63, 3.8) is 0 Å². The lowest BCUT2D eigenvalue weighted by Gasteiger charge is -2.05. The summed E-state index contributed by atoms with van der Waals surface area (Å²) in [6.07, 6.45) is 3.18. The molecule has 0 spiro atoms. The largest absolute Gasteiger partial charge is 0.471 e. The molecule has 0 fully saturated rings. The van der Waals surface area contributed by atoms with E-state index >= 15 is 0 Å². The number of unbranched alkanes of at least 4 members (excludes halogenated alkanes) is 2. The van der Waals surface area contributed by atoms with Crippen LogP contribution in [0.15, 0.2) is 24.3 Å². The summed E-state index contributed by atoms with van der Waals surface area (Å²) in [6.45, 7) is 3.06. The molecule has 2 rings (SSSR count). The van der Waals surface area contributed by atoms with Gasteiger partial charge in [-0.1, -0.05) is 49.6 Å². The van der Waals surface area contributed by atoms with Crippen molar-refractivity contribution in [1.82, 2.24) is 9.78 Å². The molecular formula is C16H19ClN4O. The van der Waals surface area contributed by atoms with Crippen LogP contribution in [0.25, 0.3) is 0 Å². The molecule has 0 saturated heterocycles. The number of nitriles is 1. The number of hydrogen-bond acceptors (Lipinski definition) is 4. The third-order valence-corrected chi connectivity index (χ3v) is 3.74. The number of aryl methyl sites for hydroxylation is 1. The molecule has 116 valence electrons. The van der Waals surface area contributed by atoms with Crippen molar-refractivity contribution in [2.45, 2.75) is 39.3 Å². The van der Waals surface area contributed by atoms with Gasteiger partial charge in [0.15, 0.2) is 5.56 Å². The van der Waals surface area contributed by atoms with Gasteiger partial charge in [0.05, 0.1) is 0 Å². The van der Waals surface area contributed by atoms with Crippen LogP contribution in [0.1, 0.15) is 37.3 Å². The lowest BCUT2D eigenvalue weighted by Crippen LogP contribution is -2.05. The van der Waals surface area contributed by atoms with Crippen LogP contribution in [0.3, 0.4) is 0 Å². The number of halogens is 1. The van der Waals surface area contributed by atoms with E-state index in [-0.39, 0.29) is 18.1 Å². The first-order valence-corrected chi connectivity index (χ1v) is 7.67. The molecule has 0 amide bonds. The molecule has 1 heterocycles. The highest BCUT2D eigenvalue weighted by Crippen LogP contribution is 2.25. The van der Waals surface area contributed by atoms with E-state index in [0.29, 0.717) is 17.4 Å². The van der Waals surface area contributed by atoms with Crippen LogP contribution in [0.4, 0.5) is 5.82 Å². The zero-order valence-electron chi connectivity index (χ0n) is 12.6. The number of nitrogens with zero attached hydrogens (tertiary/aromatic N) is 3. The molecule has 0 saturated carbocycles. The summed E-state index contributed by atoms with van der Waals surface area (Å²) < 4.78 is 7.28. The van der Waals surface area contributed by atoms with Gasteiger partial charge in [-0.2, -0.15) is 5.26 Å². The maximum absolute atomic E-state index is 9.25. The Morgan fingerprint density at radius 2 is 2.14 bits per heavy atom. The van der Waals surface area contributed by atoms with E-state index in [9.17, 15) is 5.26 Å². The van der Waals surface area contributed by atoms with Gasteiger partial charge in [0, 0.05) is 17.1 Å². The Kier molecular flexibility index (Phi) is 5.68. The number of nitrogen functional groups attached to an aromatic ring is 1. The first-order valence-electron chi connectivity index (χ1n) is 7.30. The van der Waals surface area contributed by atoms with Gasteiger partial charge in [-0.05, 0) is 12.5 Å². The van der Waals surface area contributed by atoms with Crippen LogP contribution < -0.4 is 10.5 Å². The fourth-order valence-electron chi connectivity index (χ4n) is 2.10. The summed E-state index contributed by atoms with van der Waals surface area (Å²) in [5, 5.41) is 14.2. The number of nitrogens with two attached hydrogens (primary N) is 1. The fraction of sp³-hybridized carbons (Fsp3) is 0.375. The molecule has 0 atom stereocenters. The third-order valence-electron chi connectivity index (χ3n) is 3.37. The lowest BCUT2D eigenvalue weighted by atomic mass is 10.2. The number of aromatic nitrogens is 2. The topological polar surface area (TPSA) is 76.9 Å². The highest BCUT2D eigenvalue weighted by Gasteiger charge is 2.17. The summed E-state index contributed by atoms with van der Waals surface area (Å²) >= 11 is 6.09. The van der Waals surface area contributed by atoms with Crippen molar-refractivity contribution in [1.29, 1.82) is 5.26 Å². The lowest BCUT2D eigenvalue weighted by molar-refractivity contribution is 0.288. The van der Waals surface area contributed by atoms with Gasteiger partial charge in [0.25, 0.3) is 5.88 Å². The molecule has 1 aromatic carbocycles. The number of benzene rings is 1. The predicted octanol–water partition coefficient (Wildman–Crippen LogP) is 3.76. The maximum atomic E-state index is 9.25. The molecule has 0 aliphatic carbocycles. The van der Waals surface area contributed by atoms with Crippen LogP contribution in [-0.4, -0.2) is 9.78 Å². The summed E-state index contributed by atoms with van der Waals surface area (Å²) in [7, 11) is 0. The van der Waals surface area contributed by atoms with Crippen LogP contribution in [0.2, 0.25) is 5.02 Å². The molecule has 0 aliphatic heterocycles. The minimum absolute atomic E-state index is 0.250. The second kappa shape index (κ2) is 7.71. The fourth-order valence-corrected chi connectivity index (χ4v) is 2.29. The minimum atomic E-state index is 0.250. The Morgan fingerprint density at radius 3 is 2.82 bits per heavy atom. The molecule has 2 N–H and O–H groups in total. The SMILES string of the molecule is CCCCCn1nc(OCc2ccccc2Cl)c(C#N)c1N. The molecule has 0 bridgehead atoms. The number of hydrogen-bond donors (Lipinski definition) is 1. The van der Waals surface area contributed by atoms with E-state index in [2.05, 4.69) is 18.1 Å². The van der Waals surface area contributed by atoms with Crippen LogP contribution in [0, 0.1) is 11.3 Å². The van der Waals surface area contributed by atoms with Crippen LogP contribution in [0.5, 0.6) is 5.88 Å². The minimum Gasteiger partial charge on any atom is -0.471 e. The van der Waals surface area contributed by atoms with Crippen molar-refractivity contribution in [2.75, 3.05) is 5.73 Å². The normalized spacial score (nSPS) is 10.4. The van der Waals surface area contributed by atoms with Gasteiger partial charge in [-0.25, -0.2) is 4.68 Å². The highest BCUT2D eigenvalue weighted by atomic mass is 35.5. The average Bonchev–Trinajstić information content (AvgIpc) is 2.82. The van der Waals surface area contributed by atoms with Gasteiger partial charge in [0.1, 0.15) is 18.5 Å².